The predicted octanol–water partition coefficient (Wildman–Crippen LogP) is 3.78. The van der Waals surface area contributed by atoms with Crippen molar-refractivity contribution < 1.29 is 0 Å². The summed E-state index contributed by atoms with van der Waals surface area (Å²) >= 11 is 0. The molecule has 0 N–H and O–H groups in total. The van der Waals surface area contributed by atoms with Crippen LogP contribution in [0.1, 0.15) is 45.4 Å². The molecule has 0 amide bonds. The van der Waals surface area contributed by atoms with E-state index >= 15 is 0 Å². The first-order valence-corrected chi connectivity index (χ1v) is 4.95. The molecule has 0 radical (unpaired) electrons. The summed E-state index contributed by atoms with van der Waals surface area (Å²) in [5.41, 5.74) is 0. The topological polar surface area (TPSA) is 0 Å². The van der Waals surface area contributed by atoms with Crippen molar-refractivity contribution in [2.24, 2.45) is 11.8 Å². The van der Waals surface area contributed by atoms with Crippen LogP contribution >= 0.6 is 0 Å². The minimum Gasteiger partial charge on any atom is -0.103 e. The fourth-order valence-corrected chi connectivity index (χ4v) is 2.15. The van der Waals surface area contributed by atoms with Crippen molar-refractivity contribution in [3.8, 4) is 0 Å². The molecule has 0 unspecified atom stereocenters. The molecular formula is C11H20. The Morgan fingerprint density at radius 1 is 1.36 bits per heavy atom. The molecule has 0 aromatic carbocycles. The maximum absolute atomic E-state index is 3.77. The molecule has 0 aliphatic heterocycles. The smallest absolute Gasteiger partial charge is 0.0351 e. The van der Waals surface area contributed by atoms with Crippen LogP contribution in [0.2, 0.25) is 0 Å². The van der Waals surface area contributed by atoms with Crippen LogP contribution in [0.4, 0.5) is 0 Å². The standard InChI is InChI=1S/C11H20/c1-3-4-8-11-9-6-5-7-10(11)2/h3,10-11H,1,4-9H2,2H3/t10-,11-/m1/s1. The lowest BCUT2D eigenvalue weighted by Gasteiger charge is -2.28. The molecule has 64 valence electrons. The van der Waals surface area contributed by atoms with E-state index in [0.29, 0.717) is 0 Å². The van der Waals surface area contributed by atoms with Gasteiger partial charge in [0.05, 0.1) is 0 Å². The second kappa shape index (κ2) is 4.58. The molecule has 0 aromatic heterocycles. The normalized spacial score (nSPS) is 31.7. The van der Waals surface area contributed by atoms with Gasteiger partial charge in [0.2, 0.25) is 0 Å². The van der Waals surface area contributed by atoms with Gasteiger partial charge in [-0.2, -0.15) is 0 Å². The summed E-state index contributed by atoms with van der Waals surface area (Å²) in [4.78, 5) is 0. The van der Waals surface area contributed by atoms with Crippen LogP contribution in [-0.4, -0.2) is 0 Å². The van der Waals surface area contributed by atoms with E-state index in [4.69, 9.17) is 0 Å². The van der Waals surface area contributed by atoms with E-state index in [-0.39, 0.29) is 0 Å². The van der Waals surface area contributed by atoms with Crippen molar-refractivity contribution in [2.45, 2.75) is 45.4 Å². The van der Waals surface area contributed by atoms with Crippen molar-refractivity contribution >= 4 is 0 Å². The number of hydrogen-bond donors (Lipinski definition) is 0. The second-order valence-electron chi connectivity index (χ2n) is 3.89. The Hall–Kier alpha value is -0.260. The Kier molecular flexibility index (Phi) is 3.68. The molecule has 0 aromatic rings. The van der Waals surface area contributed by atoms with Gasteiger partial charge in [0.25, 0.3) is 0 Å². The SMILES string of the molecule is C=CCC[C@@H]1CCCC[C@H]1C. The van der Waals surface area contributed by atoms with Gasteiger partial charge >= 0.3 is 0 Å². The summed E-state index contributed by atoms with van der Waals surface area (Å²) in [6.45, 7) is 6.18. The van der Waals surface area contributed by atoms with Crippen LogP contribution in [0, 0.1) is 11.8 Å². The van der Waals surface area contributed by atoms with Gasteiger partial charge in [-0.1, -0.05) is 38.7 Å². The highest BCUT2D eigenvalue weighted by Crippen LogP contribution is 2.32. The van der Waals surface area contributed by atoms with Gasteiger partial charge < -0.3 is 0 Å². The Morgan fingerprint density at radius 2 is 2.09 bits per heavy atom. The van der Waals surface area contributed by atoms with Crippen molar-refractivity contribution in [1.82, 2.24) is 0 Å². The monoisotopic (exact) mass is 152 g/mol. The summed E-state index contributed by atoms with van der Waals surface area (Å²) < 4.78 is 0. The molecule has 11 heavy (non-hydrogen) atoms. The third-order valence-electron chi connectivity index (χ3n) is 3.03. The van der Waals surface area contributed by atoms with E-state index in [1.807, 2.05) is 0 Å². The van der Waals surface area contributed by atoms with Crippen LogP contribution in [0.15, 0.2) is 12.7 Å². The predicted molar refractivity (Wildman–Crippen MR) is 50.6 cm³/mol. The summed E-state index contributed by atoms with van der Waals surface area (Å²) in [6.07, 6.45) is 10.5. The zero-order valence-electron chi connectivity index (χ0n) is 7.68. The molecule has 1 saturated carbocycles. The average molecular weight is 152 g/mol. The van der Waals surface area contributed by atoms with Gasteiger partial charge in [-0.15, -0.1) is 6.58 Å². The minimum atomic E-state index is 0.976. The molecule has 1 rings (SSSR count). The van der Waals surface area contributed by atoms with Gasteiger partial charge in [-0.3, -0.25) is 0 Å². The van der Waals surface area contributed by atoms with E-state index < -0.39 is 0 Å². The number of hydrogen-bond acceptors (Lipinski definition) is 0. The fourth-order valence-electron chi connectivity index (χ4n) is 2.15. The van der Waals surface area contributed by atoms with Gasteiger partial charge in [0.1, 0.15) is 0 Å². The molecule has 2 atom stereocenters. The van der Waals surface area contributed by atoms with E-state index in [9.17, 15) is 0 Å². The molecule has 1 aliphatic rings. The minimum absolute atomic E-state index is 0.976. The lowest BCUT2D eigenvalue weighted by molar-refractivity contribution is 0.243. The maximum atomic E-state index is 3.77. The summed E-state index contributed by atoms with van der Waals surface area (Å²) in [5.74, 6) is 1.98. The first kappa shape index (κ1) is 8.83. The first-order chi connectivity index (χ1) is 5.34. The van der Waals surface area contributed by atoms with Gasteiger partial charge in [0, 0.05) is 0 Å². The summed E-state index contributed by atoms with van der Waals surface area (Å²) in [7, 11) is 0. The van der Waals surface area contributed by atoms with Gasteiger partial charge in [-0.05, 0) is 24.7 Å². The largest absolute Gasteiger partial charge is 0.103 e. The first-order valence-electron chi connectivity index (χ1n) is 4.95. The number of rotatable bonds is 3. The Labute approximate surface area is 70.7 Å². The highest BCUT2D eigenvalue weighted by Gasteiger charge is 2.19. The van der Waals surface area contributed by atoms with Crippen molar-refractivity contribution in [2.75, 3.05) is 0 Å². The molecule has 0 bridgehead atoms. The fraction of sp³-hybridized carbons (Fsp3) is 0.818. The third-order valence-corrected chi connectivity index (χ3v) is 3.03. The summed E-state index contributed by atoms with van der Waals surface area (Å²) in [5, 5.41) is 0. The zero-order valence-corrected chi connectivity index (χ0v) is 7.68. The van der Waals surface area contributed by atoms with Gasteiger partial charge in [-0.25, -0.2) is 0 Å². The van der Waals surface area contributed by atoms with Crippen molar-refractivity contribution in [1.29, 1.82) is 0 Å². The average Bonchev–Trinajstić information content (AvgIpc) is 2.03. The van der Waals surface area contributed by atoms with Crippen LogP contribution in [0.5, 0.6) is 0 Å². The van der Waals surface area contributed by atoms with E-state index in [2.05, 4.69) is 19.6 Å². The second-order valence-corrected chi connectivity index (χ2v) is 3.89. The lowest BCUT2D eigenvalue weighted by Crippen LogP contribution is -2.16. The third kappa shape index (κ3) is 2.69. The van der Waals surface area contributed by atoms with Gasteiger partial charge in [0.15, 0.2) is 0 Å². The molecule has 1 fully saturated rings. The van der Waals surface area contributed by atoms with Crippen LogP contribution in [0.3, 0.4) is 0 Å². The molecule has 0 heteroatoms. The molecule has 0 saturated heterocycles. The molecule has 0 spiro atoms. The zero-order chi connectivity index (χ0) is 8.10. The van der Waals surface area contributed by atoms with E-state index in [1.54, 1.807) is 0 Å². The van der Waals surface area contributed by atoms with Crippen LogP contribution in [0.25, 0.3) is 0 Å². The highest BCUT2D eigenvalue weighted by molar-refractivity contribution is 4.76. The van der Waals surface area contributed by atoms with Crippen molar-refractivity contribution in [3.63, 3.8) is 0 Å². The van der Waals surface area contributed by atoms with Crippen LogP contribution < -0.4 is 0 Å². The molecule has 1 aliphatic carbocycles. The Morgan fingerprint density at radius 3 is 2.73 bits per heavy atom. The van der Waals surface area contributed by atoms with E-state index in [0.717, 1.165) is 11.8 Å². The Bertz CT molecular complexity index is 115. The molecule has 0 nitrogen and oxygen atoms in total. The van der Waals surface area contributed by atoms with Crippen LogP contribution in [-0.2, 0) is 0 Å². The summed E-state index contributed by atoms with van der Waals surface area (Å²) in [6, 6.07) is 0. The maximum Gasteiger partial charge on any atom is -0.0351 e. The molecule has 0 heterocycles. The Balaban J connectivity index is 2.23. The quantitative estimate of drug-likeness (QED) is 0.540. The molecular weight excluding hydrogens is 132 g/mol. The number of allylic oxidation sites excluding steroid dienone is 1. The van der Waals surface area contributed by atoms with Crippen molar-refractivity contribution in [3.05, 3.63) is 12.7 Å². The lowest BCUT2D eigenvalue weighted by atomic mass is 9.78. The van der Waals surface area contributed by atoms with E-state index in [1.165, 1.54) is 38.5 Å². The highest BCUT2D eigenvalue weighted by atomic mass is 14.2.